The third-order valence-corrected chi connectivity index (χ3v) is 3.85. The van der Waals surface area contributed by atoms with Gasteiger partial charge in [0.2, 0.25) is 6.10 Å². The molecule has 3 rings (SSSR count). The maximum Gasteiger partial charge on any atom is 0.201 e. The van der Waals surface area contributed by atoms with Crippen LogP contribution in [0.15, 0.2) is 35.0 Å². The molecule has 0 amide bonds. The summed E-state index contributed by atoms with van der Waals surface area (Å²) in [6, 6.07) is 5.26. The van der Waals surface area contributed by atoms with E-state index >= 15 is 0 Å². The van der Waals surface area contributed by atoms with Crippen molar-refractivity contribution in [3.63, 3.8) is 0 Å². The van der Waals surface area contributed by atoms with Crippen molar-refractivity contribution < 1.29 is 9.63 Å². The average molecular weight is 282 g/mol. The summed E-state index contributed by atoms with van der Waals surface area (Å²) < 4.78 is 0. The highest BCUT2D eigenvalue weighted by molar-refractivity contribution is 6.40. The number of hydrogen-bond acceptors (Lipinski definition) is 3. The molecule has 0 aromatic heterocycles. The zero-order chi connectivity index (χ0) is 12.9. The third kappa shape index (κ3) is 1.58. The largest absolute Gasteiger partial charge is 0.383 e. The van der Waals surface area contributed by atoms with Gasteiger partial charge in [-0.1, -0.05) is 40.0 Å². The van der Waals surface area contributed by atoms with Crippen LogP contribution in [0.2, 0.25) is 10.0 Å². The molecule has 1 aliphatic heterocycles. The predicted molar refractivity (Wildman–Crippen MR) is 70.1 cm³/mol. The fourth-order valence-corrected chi connectivity index (χ4v) is 2.98. The van der Waals surface area contributed by atoms with Crippen molar-refractivity contribution in [2.24, 2.45) is 11.1 Å². The highest BCUT2D eigenvalue weighted by atomic mass is 35.5. The van der Waals surface area contributed by atoms with Crippen molar-refractivity contribution in [1.82, 2.24) is 0 Å². The number of oxime groups is 1. The Hall–Kier alpha value is -1.32. The lowest BCUT2D eigenvalue weighted by atomic mass is 9.90. The van der Waals surface area contributed by atoms with E-state index in [1.54, 1.807) is 24.3 Å². The highest BCUT2D eigenvalue weighted by Gasteiger charge is 2.45. The van der Waals surface area contributed by atoms with Gasteiger partial charge in [-0.05, 0) is 25.1 Å². The van der Waals surface area contributed by atoms with E-state index < -0.39 is 6.10 Å². The number of benzene rings is 1. The molecule has 92 valence electrons. The Balaban J connectivity index is 2.10. The van der Waals surface area contributed by atoms with Gasteiger partial charge in [0.05, 0.1) is 16.0 Å². The summed E-state index contributed by atoms with van der Waals surface area (Å²) >= 11 is 12.3. The van der Waals surface area contributed by atoms with Crippen LogP contribution in [0, 0.1) is 5.92 Å². The molecule has 1 heterocycles. The summed E-state index contributed by atoms with van der Waals surface area (Å²) in [5.41, 5.74) is 2.21. The van der Waals surface area contributed by atoms with Crippen LogP contribution < -0.4 is 0 Å². The van der Waals surface area contributed by atoms with Gasteiger partial charge in [-0.25, -0.2) is 0 Å². The Morgan fingerprint density at radius 3 is 2.61 bits per heavy atom. The van der Waals surface area contributed by atoms with Gasteiger partial charge in [0.25, 0.3) is 0 Å². The fraction of sp³-hybridized carbons (Fsp3) is 0.231. The molecule has 2 aliphatic rings. The molecular formula is C13H9Cl2NO2. The summed E-state index contributed by atoms with van der Waals surface area (Å²) in [5, 5.41) is 5.02. The number of carbonyl (C=O) groups is 1. The van der Waals surface area contributed by atoms with Crippen LogP contribution in [-0.2, 0) is 9.63 Å². The first-order valence-corrected chi connectivity index (χ1v) is 6.25. The molecule has 0 N–H and O–H groups in total. The van der Waals surface area contributed by atoms with Crippen LogP contribution in [0.1, 0.15) is 12.5 Å². The van der Waals surface area contributed by atoms with Crippen LogP contribution in [0.25, 0.3) is 0 Å². The van der Waals surface area contributed by atoms with Crippen molar-refractivity contribution in [1.29, 1.82) is 0 Å². The van der Waals surface area contributed by atoms with Crippen LogP contribution >= 0.6 is 23.2 Å². The molecule has 2 atom stereocenters. The number of hydrogen-bond donors (Lipinski definition) is 0. The zero-order valence-electron chi connectivity index (χ0n) is 9.48. The van der Waals surface area contributed by atoms with Crippen LogP contribution in [0.4, 0.5) is 0 Å². The minimum atomic E-state index is -0.549. The lowest BCUT2D eigenvalue weighted by molar-refractivity contribution is -0.124. The lowest BCUT2D eigenvalue weighted by Crippen LogP contribution is -2.25. The van der Waals surface area contributed by atoms with Crippen molar-refractivity contribution in [2.75, 3.05) is 0 Å². The van der Waals surface area contributed by atoms with E-state index in [-0.39, 0.29) is 11.7 Å². The van der Waals surface area contributed by atoms with Gasteiger partial charge >= 0.3 is 0 Å². The molecule has 0 saturated heterocycles. The number of carbonyl (C=O) groups excluding carboxylic acids is 1. The molecule has 0 radical (unpaired) electrons. The normalized spacial score (nSPS) is 25.6. The molecule has 0 saturated carbocycles. The van der Waals surface area contributed by atoms with Crippen molar-refractivity contribution in [2.45, 2.75) is 13.0 Å². The lowest BCUT2D eigenvalue weighted by Gasteiger charge is -2.13. The molecule has 3 nitrogen and oxygen atoms in total. The van der Waals surface area contributed by atoms with Gasteiger partial charge in [-0.3, -0.25) is 4.79 Å². The fourth-order valence-electron chi connectivity index (χ4n) is 2.39. The molecule has 18 heavy (non-hydrogen) atoms. The number of nitrogens with zero attached hydrogens (tertiary/aromatic N) is 1. The minimum absolute atomic E-state index is 0.0561. The highest BCUT2D eigenvalue weighted by Crippen LogP contribution is 2.38. The first kappa shape index (κ1) is 11.8. The summed E-state index contributed by atoms with van der Waals surface area (Å²) in [6.45, 7) is 1.89. The van der Waals surface area contributed by atoms with E-state index in [2.05, 4.69) is 5.16 Å². The van der Waals surface area contributed by atoms with E-state index in [1.807, 2.05) is 6.92 Å². The smallest absolute Gasteiger partial charge is 0.201 e. The standard InChI is InChI=1S/C13H9Cl2NO2/c1-6-5-9(17)13-10(6)12(16-18-13)11-7(14)3-2-4-8(11)15/h2-5,10,13H,1H3. The van der Waals surface area contributed by atoms with E-state index in [0.29, 0.717) is 21.3 Å². The first-order valence-electron chi connectivity index (χ1n) is 5.49. The SMILES string of the molecule is CC1=CC(=O)C2ON=C(c3c(Cl)cccc3Cl)C12. The Labute approximate surface area is 114 Å². The van der Waals surface area contributed by atoms with Crippen molar-refractivity contribution >= 4 is 34.7 Å². The Morgan fingerprint density at radius 2 is 1.94 bits per heavy atom. The summed E-state index contributed by atoms with van der Waals surface area (Å²) in [7, 11) is 0. The molecule has 1 aromatic rings. The average Bonchev–Trinajstić information content (AvgIpc) is 2.83. The monoisotopic (exact) mass is 281 g/mol. The molecule has 0 spiro atoms. The summed E-state index contributed by atoms with van der Waals surface area (Å²) in [6.07, 6.45) is 1.04. The quantitative estimate of drug-likeness (QED) is 0.793. The molecule has 1 aromatic carbocycles. The van der Waals surface area contributed by atoms with E-state index in [9.17, 15) is 4.79 Å². The molecular weight excluding hydrogens is 273 g/mol. The van der Waals surface area contributed by atoms with Gasteiger partial charge in [0.15, 0.2) is 5.78 Å². The van der Waals surface area contributed by atoms with Gasteiger partial charge in [0, 0.05) is 5.56 Å². The molecule has 0 bridgehead atoms. The topological polar surface area (TPSA) is 38.7 Å². The third-order valence-electron chi connectivity index (χ3n) is 3.22. The Bertz CT molecular complexity index is 587. The maximum absolute atomic E-state index is 11.7. The predicted octanol–water partition coefficient (Wildman–Crippen LogP) is 3.24. The van der Waals surface area contributed by atoms with Crippen LogP contribution in [0.3, 0.4) is 0 Å². The Kier molecular flexibility index (Phi) is 2.68. The Morgan fingerprint density at radius 1 is 1.28 bits per heavy atom. The number of halogens is 2. The summed E-state index contributed by atoms with van der Waals surface area (Å²) in [5.74, 6) is -0.227. The second-order valence-electron chi connectivity index (χ2n) is 4.37. The molecule has 0 fully saturated rings. The van der Waals surface area contributed by atoms with Crippen LogP contribution in [0.5, 0.6) is 0 Å². The van der Waals surface area contributed by atoms with Crippen LogP contribution in [-0.4, -0.2) is 17.6 Å². The first-order chi connectivity index (χ1) is 8.59. The van der Waals surface area contributed by atoms with E-state index in [0.717, 1.165) is 5.57 Å². The van der Waals surface area contributed by atoms with Gasteiger partial charge in [0.1, 0.15) is 5.71 Å². The number of rotatable bonds is 1. The van der Waals surface area contributed by atoms with E-state index in [4.69, 9.17) is 28.0 Å². The van der Waals surface area contributed by atoms with E-state index in [1.165, 1.54) is 0 Å². The van der Waals surface area contributed by atoms with Crippen molar-refractivity contribution in [3.8, 4) is 0 Å². The molecule has 2 unspecified atom stereocenters. The second-order valence-corrected chi connectivity index (χ2v) is 5.18. The molecule has 1 aliphatic carbocycles. The maximum atomic E-state index is 11.7. The zero-order valence-corrected chi connectivity index (χ0v) is 11.0. The summed E-state index contributed by atoms with van der Waals surface area (Å²) in [4.78, 5) is 16.9. The van der Waals surface area contributed by atoms with Gasteiger partial charge in [-0.2, -0.15) is 0 Å². The minimum Gasteiger partial charge on any atom is -0.383 e. The van der Waals surface area contributed by atoms with Gasteiger partial charge in [-0.15, -0.1) is 0 Å². The number of fused-ring (bicyclic) bond motifs is 1. The number of ketones is 1. The second kappa shape index (κ2) is 4.11. The molecule has 5 heteroatoms. The van der Waals surface area contributed by atoms with Gasteiger partial charge < -0.3 is 4.84 Å². The van der Waals surface area contributed by atoms with Crippen molar-refractivity contribution in [3.05, 3.63) is 45.5 Å².